The van der Waals surface area contributed by atoms with Crippen LogP contribution in [0.4, 0.5) is 5.69 Å². The molecule has 228 valence electrons. The van der Waals surface area contributed by atoms with Crippen molar-refractivity contribution in [3.63, 3.8) is 0 Å². The van der Waals surface area contributed by atoms with Crippen LogP contribution in [0.5, 0.6) is 0 Å². The van der Waals surface area contributed by atoms with Crippen LogP contribution in [-0.2, 0) is 16.7 Å². The summed E-state index contributed by atoms with van der Waals surface area (Å²) in [4.78, 5) is 3.63. The SMILES string of the molecule is CCN1C(=CC(C)=Cc2sc3ccc4ccccc4c3[n+]2CC)Sc2ccc3ccccc3c21.Cc1ccc(S(=O)(=O)[O-])cc1. The standard InChI is InChI=1S/C30H27N2S2.C7H8O3S/c1-4-31-27(33-25-16-14-21-10-6-8-12-23(21)29(25)31)18-20(3)19-28-32(5-2)30-24-13-9-7-11-22(24)15-17-26(30)34-28;1-6-2-4-7(5-3-6)11(8,9)10/h6-19H,4-5H2,1-3H3;2-5H,1H3,(H,8,9,10)/q+1;/p-1. The highest BCUT2D eigenvalue weighted by Gasteiger charge is 2.26. The number of fused-ring (bicyclic) bond motifs is 6. The summed E-state index contributed by atoms with van der Waals surface area (Å²) < 4.78 is 35.0. The number of aromatic nitrogens is 1. The van der Waals surface area contributed by atoms with Crippen LogP contribution in [0.25, 0.3) is 37.8 Å². The minimum absolute atomic E-state index is 0.178. The van der Waals surface area contributed by atoms with E-state index in [1.54, 1.807) is 12.1 Å². The molecule has 45 heavy (non-hydrogen) atoms. The molecule has 1 aliphatic heterocycles. The van der Waals surface area contributed by atoms with Gasteiger partial charge in [0.1, 0.15) is 21.4 Å². The molecule has 0 amide bonds. The van der Waals surface area contributed by atoms with E-state index in [4.69, 9.17) is 0 Å². The van der Waals surface area contributed by atoms with Gasteiger partial charge >= 0.3 is 0 Å². The van der Waals surface area contributed by atoms with E-state index in [1.807, 2.05) is 30.0 Å². The van der Waals surface area contributed by atoms with Crippen LogP contribution in [0.15, 0.2) is 124 Å². The number of hydrogen-bond donors (Lipinski definition) is 0. The van der Waals surface area contributed by atoms with Gasteiger partial charge in [0.15, 0.2) is 0 Å². The number of thiazole rings is 1. The van der Waals surface area contributed by atoms with Crippen molar-refractivity contribution in [3.8, 4) is 0 Å². The van der Waals surface area contributed by atoms with Gasteiger partial charge in [-0.05, 0) is 80.4 Å². The molecule has 5 nitrogen and oxygen atoms in total. The second-order valence-corrected chi connectivity index (χ2v) is 14.4. The summed E-state index contributed by atoms with van der Waals surface area (Å²) in [5.74, 6) is 0. The first-order valence-electron chi connectivity index (χ1n) is 14.9. The number of aryl methyl sites for hydroxylation is 2. The fourth-order valence-corrected chi connectivity index (χ4v) is 8.70. The number of thioether (sulfide) groups is 1. The van der Waals surface area contributed by atoms with Crippen LogP contribution in [0, 0.1) is 6.92 Å². The summed E-state index contributed by atoms with van der Waals surface area (Å²) in [6.07, 6.45) is 4.71. The van der Waals surface area contributed by atoms with Crippen LogP contribution in [0.2, 0.25) is 0 Å². The summed E-state index contributed by atoms with van der Waals surface area (Å²) in [6, 6.07) is 32.2. The van der Waals surface area contributed by atoms with Crippen molar-refractivity contribution < 1.29 is 17.5 Å². The predicted molar refractivity (Wildman–Crippen MR) is 189 cm³/mol. The molecule has 1 aliphatic rings. The molecule has 0 aliphatic carbocycles. The Morgan fingerprint density at radius 2 is 1.51 bits per heavy atom. The van der Waals surface area contributed by atoms with Gasteiger partial charge in [0.05, 0.1) is 21.0 Å². The zero-order chi connectivity index (χ0) is 31.7. The summed E-state index contributed by atoms with van der Waals surface area (Å²) in [5.41, 5.74) is 4.90. The van der Waals surface area contributed by atoms with Gasteiger partial charge in [0.25, 0.3) is 5.01 Å². The maximum absolute atomic E-state index is 10.4. The van der Waals surface area contributed by atoms with Crippen molar-refractivity contribution in [1.82, 2.24) is 0 Å². The topological polar surface area (TPSA) is 64.3 Å². The monoisotopic (exact) mass is 650 g/mol. The molecule has 0 fully saturated rings. The maximum Gasteiger partial charge on any atom is 0.263 e. The predicted octanol–water partition coefficient (Wildman–Crippen LogP) is 9.29. The van der Waals surface area contributed by atoms with E-state index >= 15 is 0 Å². The molecule has 5 aromatic carbocycles. The molecular formula is C37H34N2O3S3. The lowest BCUT2D eigenvalue weighted by atomic mass is 10.1. The zero-order valence-corrected chi connectivity index (χ0v) is 28.1. The molecule has 6 aromatic rings. The Bertz CT molecular complexity index is 2220. The Morgan fingerprint density at radius 1 is 0.867 bits per heavy atom. The summed E-state index contributed by atoms with van der Waals surface area (Å²) in [6.45, 7) is 10.4. The third kappa shape index (κ3) is 6.29. The second kappa shape index (κ2) is 12.8. The van der Waals surface area contributed by atoms with E-state index < -0.39 is 10.1 Å². The minimum atomic E-state index is -4.27. The second-order valence-electron chi connectivity index (χ2n) is 10.9. The number of rotatable bonds is 5. The Kier molecular flexibility index (Phi) is 8.84. The van der Waals surface area contributed by atoms with E-state index in [-0.39, 0.29) is 4.90 Å². The quantitative estimate of drug-likeness (QED) is 0.137. The van der Waals surface area contributed by atoms with E-state index in [0.29, 0.717) is 0 Å². The highest BCUT2D eigenvalue weighted by molar-refractivity contribution is 8.03. The number of allylic oxidation sites excluding steroid dienone is 2. The third-order valence-corrected chi connectivity index (χ3v) is 10.9. The van der Waals surface area contributed by atoms with E-state index in [1.165, 1.54) is 70.1 Å². The summed E-state index contributed by atoms with van der Waals surface area (Å²) in [5, 5.41) is 7.87. The van der Waals surface area contributed by atoms with Crippen LogP contribution in [0.1, 0.15) is 31.3 Å². The van der Waals surface area contributed by atoms with Gasteiger partial charge in [-0.2, -0.15) is 4.57 Å². The highest BCUT2D eigenvalue weighted by Crippen LogP contribution is 2.49. The zero-order valence-electron chi connectivity index (χ0n) is 25.7. The molecule has 0 unspecified atom stereocenters. The molecule has 1 aromatic heterocycles. The molecular weight excluding hydrogens is 617 g/mol. The van der Waals surface area contributed by atoms with Gasteiger partial charge in [0, 0.05) is 22.9 Å². The van der Waals surface area contributed by atoms with Gasteiger partial charge < -0.3 is 9.45 Å². The molecule has 0 N–H and O–H groups in total. The van der Waals surface area contributed by atoms with Crippen molar-refractivity contribution in [1.29, 1.82) is 0 Å². The Balaban J connectivity index is 0.000000276. The molecule has 0 bridgehead atoms. The first kappa shape index (κ1) is 31.0. The van der Waals surface area contributed by atoms with Crippen LogP contribution in [-0.4, -0.2) is 19.5 Å². The van der Waals surface area contributed by atoms with Crippen molar-refractivity contribution in [2.45, 2.75) is 44.0 Å². The van der Waals surface area contributed by atoms with Crippen molar-refractivity contribution >= 4 is 76.7 Å². The van der Waals surface area contributed by atoms with E-state index in [2.05, 4.69) is 115 Å². The molecule has 2 heterocycles. The Labute approximate surface area is 272 Å². The molecule has 0 spiro atoms. The first-order valence-corrected chi connectivity index (χ1v) is 18.0. The van der Waals surface area contributed by atoms with Crippen molar-refractivity contribution in [3.05, 3.63) is 124 Å². The summed E-state index contributed by atoms with van der Waals surface area (Å²) in [7, 11) is -4.27. The Morgan fingerprint density at radius 3 is 2.18 bits per heavy atom. The number of anilines is 1. The van der Waals surface area contributed by atoms with Gasteiger partial charge in [0.2, 0.25) is 5.52 Å². The number of benzene rings is 5. The fourth-order valence-electron chi connectivity index (χ4n) is 5.73. The molecule has 0 atom stereocenters. The third-order valence-electron chi connectivity index (χ3n) is 7.87. The first-order chi connectivity index (χ1) is 21.7. The molecule has 0 saturated heterocycles. The Hall–Kier alpha value is -3.95. The molecule has 0 saturated carbocycles. The average Bonchev–Trinajstić information content (AvgIpc) is 3.58. The molecule has 7 rings (SSSR count). The van der Waals surface area contributed by atoms with Crippen LogP contribution >= 0.6 is 23.1 Å². The largest absolute Gasteiger partial charge is 0.744 e. The lowest BCUT2D eigenvalue weighted by Gasteiger charge is -2.19. The number of hydrogen-bond acceptors (Lipinski definition) is 6. The lowest BCUT2D eigenvalue weighted by Crippen LogP contribution is -2.33. The van der Waals surface area contributed by atoms with E-state index in [9.17, 15) is 13.0 Å². The molecule has 0 radical (unpaired) electrons. The van der Waals surface area contributed by atoms with Gasteiger partial charge in [-0.1, -0.05) is 95.4 Å². The van der Waals surface area contributed by atoms with Gasteiger partial charge in [-0.15, -0.1) is 0 Å². The fraction of sp³-hybridized carbons (Fsp3) is 0.162. The minimum Gasteiger partial charge on any atom is -0.744 e. The molecule has 8 heteroatoms. The van der Waals surface area contributed by atoms with Gasteiger partial charge in [-0.3, -0.25) is 0 Å². The smallest absolute Gasteiger partial charge is 0.263 e. The van der Waals surface area contributed by atoms with Gasteiger partial charge in [-0.25, -0.2) is 8.42 Å². The lowest BCUT2D eigenvalue weighted by molar-refractivity contribution is -0.664. The maximum atomic E-state index is 10.4. The van der Waals surface area contributed by atoms with Crippen molar-refractivity contribution in [2.24, 2.45) is 0 Å². The normalized spacial score (nSPS) is 14.3. The number of nitrogens with zero attached hydrogens (tertiary/aromatic N) is 2. The average molecular weight is 651 g/mol. The van der Waals surface area contributed by atoms with Crippen LogP contribution < -0.4 is 9.47 Å². The van der Waals surface area contributed by atoms with Crippen molar-refractivity contribution in [2.75, 3.05) is 11.4 Å². The van der Waals surface area contributed by atoms with E-state index in [0.717, 1.165) is 18.7 Å². The van der Waals surface area contributed by atoms with Crippen LogP contribution in [0.3, 0.4) is 0 Å². The summed E-state index contributed by atoms with van der Waals surface area (Å²) >= 11 is 3.76. The highest BCUT2D eigenvalue weighted by atomic mass is 32.2.